The summed E-state index contributed by atoms with van der Waals surface area (Å²) in [5.74, 6) is 0.540. The number of benzene rings is 2. The number of anilines is 1. The molecular formula is C23H23NO4S. The molecule has 0 aliphatic carbocycles. The van der Waals surface area contributed by atoms with Crippen LogP contribution in [0.1, 0.15) is 33.5 Å². The maximum Gasteiger partial charge on any atom is 0.348 e. The minimum absolute atomic E-state index is 0.332. The van der Waals surface area contributed by atoms with Gasteiger partial charge in [-0.3, -0.25) is 4.79 Å². The Balaban J connectivity index is 1.49. The van der Waals surface area contributed by atoms with Gasteiger partial charge in [-0.25, -0.2) is 4.79 Å². The molecule has 3 aromatic rings. The fourth-order valence-corrected chi connectivity index (χ4v) is 3.73. The normalized spacial score (nSPS) is 10.4. The first kappa shape index (κ1) is 20.6. The van der Waals surface area contributed by atoms with Crippen LogP contribution in [0, 0.1) is 6.92 Å². The van der Waals surface area contributed by atoms with Crippen molar-refractivity contribution in [1.29, 1.82) is 0 Å². The van der Waals surface area contributed by atoms with Gasteiger partial charge >= 0.3 is 5.97 Å². The summed E-state index contributed by atoms with van der Waals surface area (Å²) in [6.07, 6.45) is 1.95. The third kappa shape index (κ3) is 5.93. The first-order valence-corrected chi connectivity index (χ1v) is 10.3. The van der Waals surface area contributed by atoms with E-state index in [1.54, 1.807) is 24.3 Å². The predicted octanol–water partition coefficient (Wildman–Crippen LogP) is 5.60. The highest BCUT2D eigenvalue weighted by Gasteiger charge is 2.15. The van der Waals surface area contributed by atoms with Gasteiger partial charge in [-0.15, -0.1) is 11.3 Å². The quantitative estimate of drug-likeness (QED) is 0.492. The van der Waals surface area contributed by atoms with E-state index >= 15 is 0 Å². The van der Waals surface area contributed by atoms with Crippen molar-refractivity contribution >= 4 is 28.9 Å². The molecule has 0 aliphatic rings. The first-order valence-electron chi connectivity index (χ1n) is 9.44. The molecule has 0 saturated heterocycles. The molecule has 1 aromatic heterocycles. The maximum absolute atomic E-state index is 12.2. The van der Waals surface area contributed by atoms with Crippen LogP contribution in [-0.2, 0) is 16.0 Å². The van der Waals surface area contributed by atoms with Crippen LogP contribution in [-0.4, -0.2) is 18.5 Å². The van der Waals surface area contributed by atoms with E-state index in [-0.39, 0.29) is 6.61 Å². The van der Waals surface area contributed by atoms with E-state index in [1.165, 1.54) is 11.3 Å². The molecule has 0 unspecified atom stereocenters. The van der Waals surface area contributed by atoms with Crippen LogP contribution < -0.4 is 10.1 Å². The van der Waals surface area contributed by atoms with Gasteiger partial charge in [0.25, 0.3) is 5.91 Å². The number of carbonyl (C=O) groups is 2. The molecular weight excluding hydrogens is 386 g/mol. The Kier molecular flexibility index (Phi) is 7.03. The summed E-state index contributed by atoms with van der Waals surface area (Å²) in [6.45, 7) is 3.76. The van der Waals surface area contributed by atoms with Crippen LogP contribution in [0.15, 0.2) is 60.7 Å². The molecule has 0 saturated carbocycles. The number of esters is 1. The zero-order valence-electron chi connectivity index (χ0n) is 16.4. The van der Waals surface area contributed by atoms with Crippen molar-refractivity contribution in [3.8, 4) is 11.5 Å². The molecule has 6 heteroatoms. The Labute approximate surface area is 174 Å². The fraction of sp³-hybridized carbons (Fsp3) is 0.217. The number of carbonyl (C=O) groups excluding carboxylic acids is 2. The highest BCUT2D eigenvalue weighted by Crippen LogP contribution is 2.24. The smallest absolute Gasteiger partial charge is 0.348 e. The Morgan fingerprint density at radius 3 is 2.38 bits per heavy atom. The lowest BCUT2D eigenvalue weighted by Gasteiger charge is -2.08. The molecule has 0 bridgehead atoms. The van der Waals surface area contributed by atoms with E-state index in [1.807, 2.05) is 43.3 Å². The van der Waals surface area contributed by atoms with Gasteiger partial charge in [0.2, 0.25) is 0 Å². The number of aryl methyl sites for hydroxylation is 2. The van der Waals surface area contributed by atoms with Crippen molar-refractivity contribution < 1.29 is 19.1 Å². The number of amides is 1. The minimum Gasteiger partial charge on any atom is -0.457 e. The lowest BCUT2D eigenvalue weighted by Crippen LogP contribution is -2.20. The molecule has 0 spiro atoms. The molecule has 1 N–H and O–H groups in total. The van der Waals surface area contributed by atoms with E-state index in [9.17, 15) is 9.59 Å². The lowest BCUT2D eigenvalue weighted by molar-refractivity contribution is -0.119. The van der Waals surface area contributed by atoms with Crippen molar-refractivity contribution in [2.24, 2.45) is 0 Å². The second-order valence-electron chi connectivity index (χ2n) is 6.51. The van der Waals surface area contributed by atoms with Gasteiger partial charge in [0, 0.05) is 10.6 Å². The summed E-state index contributed by atoms with van der Waals surface area (Å²) >= 11 is 1.40. The molecule has 3 rings (SSSR count). The van der Waals surface area contributed by atoms with E-state index in [2.05, 4.69) is 12.2 Å². The van der Waals surface area contributed by atoms with Gasteiger partial charge in [0.05, 0.1) is 0 Å². The third-order valence-corrected chi connectivity index (χ3v) is 5.27. The number of rotatable bonds is 8. The van der Waals surface area contributed by atoms with Gasteiger partial charge in [0.1, 0.15) is 16.4 Å². The van der Waals surface area contributed by atoms with Crippen molar-refractivity contribution in [1.82, 2.24) is 0 Å². The predicted molar refractivity (Wildman–Crippen MR) is 115 cm³/mol. The number of para-hydroxylation sites is 1. The highest BCUT2D eigenvalue weighted by atomic mass is 32.1. The van der Waals surface area contributed by atoms with Crippen LogP contribution in [0.25, 0.3) is 0 Å². The van der Waals surface area contributed by atoms with Gasteiger partial charge in [-0.2, -0.15) is 0 Å². The summed E-state index contributed by atoms with van der Waals surface area (Å²) in [7, 11) is 0. The van der Waals surface area contributed by atoms with E-state index < -0.39 is 11.9 Å². The Hall–Kier alpha value is -3.12. The lowest BCUT2D eigenvalue weighted by atomic mass is 10.1. The van der Waals surface area contributed by atoms with Crippen LogP contribution in [0.5, 0.6) is 11.5 Å². The average Bonchev–Trinajstić information content (AvgIpc) is 3.09. The van der Waals surface area contributed by atoms with Crippen molar-refractivity contribution in [2.45, 2.75) is 26.7 Å². The molecule has 1 heterocycles. The zero-order valence-corrected chi connectivity index (χ0v) is 17.3. The number of hydrogen-bond donors (Lipinski definition) is 1. The molecule has 150 valence electrons. The van der Waals surface area contributed by atoms with Crippen molar-refractivity contribution in [3.63, 3.8) is 0 Å². The van der Waals surface area contributed by atoms with E-state index in [0.29, 0.717) is 16.3 Å². The molecule has 2 aromatic carbocycles. The SMILES string of the molecule is CCCc1cc(C(=O)OCC(=O)Nc2ccc(Oc3ccccc3)cc2)sc1C. The summed E-state index contributed by atoms with van der Waals surface area (Å²) in [5.41, 5.74) is 1.76. The van der Waals surface area contributed by atoms with Crippen molar-refractivity contribution in [2.75, 3.05) is 11.9 Å². The van der Waals surface area contributed by atoms with Crippen LogP contribution in [0.2, 0.25) is 0 Å². The monoisotopic (exact) mass is 409 g/mol. The molecule has 0 radical (unpaired) electrons. The third-order valence-electron chi connectivity index (χ3n) is 4.19. The number of nitrogens with one attached hydrogen (secondary N) is 1. The molecule has 0 fully saturated rings. The minimum atomic E-state index is -0.470. The fourth-order valence-electron chi connectivity index (χ4n) is 2.77. The first-order chi connectivity index (χ1) is 14.0. The van der Waals surface area contributed by atoms with Gasteiger partial charge in [-0.05, 0) is 61.4 Å². The van der Waals surface area contributed by atoms with Crippen LogP contribution in [0.3, 0.4) is 0 Å². The summed E-state index contributed by atoms with van der Waals surface area (Å²) in [5, 5.41) is 2.71. The molecule has 0 aliphatic heterocycles. The summed E-state index contributed by atoms with van der Waals surface area (Å²) in [4.78, 5) is 25.9. The number of thiophene rings is 1. The molecule has 0 atom stereocenters. The van der Waals surface area contributed by atoms with Crippen LogP contribution in [0.4, 0.5) is 5.69 Å². The van der Waals surface area contributed by atoms with E-state index in [0.717, 1.165) is 29.0 Å². The van der Waals surface area contributed by atoms with Gasteiger partial charge in [0.15, 0.2) is 6.61 Å². The van der Waals surface area contributed by atoms with E-state index in [4.69, 9.17) is 9.47 Å². The number of hydrogen-bond acceptors (Lipinski definition) is 5. The zero-order chi connectivity index (χ0) is 20.6. The molecule has 5 nitrogen and oxygen atoms in total. The van der Waals surface area contributed by atoms with Gasteiger partial charge in [-0.1, -0.05) is 31.5 Å². The Morgan fingerprint density at radius 1 is 1.00 bits per heavy atom. The highest BCUT2D eigenvalue weighted by molar-refractivity contribution is 7.14. The maximum atomic E-state index is 12.2. The molecule has 1 amide bonds. The number of ether oxygens (including phenoxy) is 2. The second kappa shape index (κ2) is 9.89. The van der Waals surface area contributed by atoms with Crippen LogP contribution >= 0.6 is 11.3 Å². The largest absolute Gasteiger partial charge is 0.457 e. The Bertz CT molecular complexity index is 964. The van der Waals surface area contributed by atoms with Crippen molar-refractivity contribution in [3.05, 3.63) is 76.0 Å². The Morgan fingerprint density at radius 2 is 1.69 bits per heavy atom. The standard InChI is InChI=1S/C23H23NO4S/c1-3-7-17-14-21(29-16(17)2)23(26)27-15-22(25)24-18-10-12-20(13-11-18)28-19-8-5-4-6-9-19/h4-6,8-14H,3,7,15H2,1-2H3,(H,24,25). The average molecular weight is 410 g/mol. The second-order valence-corrected chi connectivity index (χ2v) is 7.76. The summed E-state index contributed by atoms with van der Waals surface area (Å²) < 4.78 is 10.9. The topological polar surface area (TPSA) is 64.6 Å². The summed E-state index contributed by atoms with van der Waals surface area (Å²) in [6, 6.07) is 18.3. The molecule has 29 heavy (non-hydrogen) atoms. The van der Waals surface area contributed by atoms with Gasteiger partial charge < -0.3 is 14.8 Å².